The largest absolute Gasteiger partial charge is 0.322 e. The standard InChI is InChI=1S/C23H32N2O3S/c1-6-18(7-2)17(5)25-29(27,28)20-13-14-22(19(8-3)15-20)24-23(26)21-12-10-9-11-16(21)4/h9-15,17-18,25H,6-8H2,1-5H3,(H,24,26)/t17-/m1/s1. The van der Waals surface area contributed by atoms with E-state index in [4.69, 9.17) is 0 Å². The molecule has 0 radical (unpaired) electrons. The summed E-state index contributed by atoms with van der Waals surface area (Å²) >= 11 is 0. The van der Waals surface area contributed by atoms with Crippen LogP contribution in [0.2, 0.25) is 0 Å². The van der Waals surface area contributed by atoms with Gasteiger partial charge in [-0.3, -0.25) is 4.79 Å². The van der Waals surface area contributed by atoms with Crippen LogP contribution in [0.1, 0.15) is 62.0 Å². The molecule has 0 fully saturated rings. The third-order valence-electron chi connectivity index (χ3n) is 5.50. The number of benzene rings is 2. The number of anilines is 1. The van der Waals surface area contributed by atoms with Crippen LogP contribution in [0.4, 0.5) is 5.69 Å². The molecule has 0 aliphatic heterocycles. The lowest BCUT2D eigenvalue weighted by Crippen LogP contribution is -2.37. The van der Waals surface area contributed by atoms with E-state index in [0.29, 0.717) is 23.6 Å². The first kappa shape index (κ1) is 23.1. The summed E-state index contributed by atoms with van der Waals surface area (Å²) in [6, 6.07) is 12.1. The van der Waals surface area contributed by atoms with Gasteiger partial charge in [0.05, 0.1) is 4.90 Å². The quantitative estimate of drug-likeness (QED) is 0.610. The molecule has 2 N–H and O–H groups in total. The van der Waals surface area contributed by atoms with Gasteiger partial charge in [-0.05, 0) is 61.6 Å². The van der Waals surface area contributed by atoms with Crippen molar-refractivity contribution >= 4 is 21.6 Å². The maximum atomic E-state index is 12.8. The van der Waals surface area contributed by atoms with Gasteiger partial charge in [0, 0.05) is 17.3 Å². The fourth-order valence-corrected chi connectivity index (χ4v) is 4.94. The first-order chi connectivity index (χ1) is 13.7. The molecule has 0 aliphatic carbocycles. The van der Waals surface area contributed by atoms with Gasteiger partial charge in [0.25, 0.3) is 5.91 Å². The van der Waals surface area contributed by atoms with Crippen LogP contribution in [-0.2, 0) is 16.4 Å². The predicted molar refractivity (Wildman–Crippen MR) is 119 cm³/mol. The molecular weight excluding hydrogens is 384 g/mol. The highest BCUT2D eigenvalue weighted by Gasteiger charge is 2.23. The molecule has 2 aromatic rings. The molecule has 29 heavy (non-hydrogen) atoms. The van der Waals surface area contributed by atoms with E-state index < -0.39 is 10.0 Å². The molecule has 0 unspecified atom stereocenters. The van der Waals surface area contributed by atoms with Crippen molar-refractivity contribution in [1.29, 1.82) is 0 Å². The van der Waals surface area contributed by atoms with E-state index >= 15 is 0 Å². The second-order valence-corrected chi connectivity index (χ2v) is 9.14. The van der Waals surface area contributed by atoms with Gasteiger partial charge in [-0.25, -0.2) is 13.1 Å². The summed E-state index contributed by atoms with van der Waals surface area (Å²) < 4.78 is 28.5. The van der Waals surface area contributed by atoms with Gasteiger partial charge in [-0.1, -0.05) is 51.8 Å². The van der Waals surface area contributed by atoms with Crippen LogP contribution < -0.4 is 10.0 Å². The van der Waals surface area contributed by atoms with E-state index in [9.17, 15) is 13.2 Å². The molecule has 1 atom stereocenters. The first-order valence-corrected chi connectivity index (χ1v) is 11.7. The van der Waals surface area contributed by atoms with Crippen molar-refractivity contribution in [3.8, 4) is 0 Å². The Morgan fingerprint density at radius 1 is 1.03 bits per heavy atom. The monoisotopic (exact) mass is 416 g/mol. The van der Waals surface area contributed by atoms with Gasteiger partial charge in [-0.2, -0.15) is 0 Å². The summed E-state index contributed by atoms with van der Waals surface area (Å²) in [5, 5.41) is 2.92. The lowest BCUT2D eigenvalue weighted by Gasteiger charge is -2.22. The smallest absolute Gasteiger partial charge is 0.255 e. The normalized spacial score (nSPS) is 12.8. The molecule has 0 spiro atoms. The Kier molecular flexibility index (Phi) is 7.99. The molecule has 0 aliphatic rings. The molecule has 5 nitrogen and oxygen atoms in total. The fourth-order valence-electron chi connectivity index (χ4n) is 3.57. The van der Waals surface area contributed by atoms with Crippen LogP contribution in [0.15, 0.2) is 47.4 Å². The third kappa shape index (κ3) is 5.67. The van der Waals surface area contributed by atoms with Crippen molar-refractivity contribution in [2.45, 2.75) is 64.8 Å². The number of carbonyl (C=O) groups excluding carboxylic acids is 1. The lowest BCUT2D eigenvalue weighted by molar-refractivity contribution is 0.102. The first-order valence-electron chi connectivity index (χ1n) is 10.3. The predicted octanol–water partition coefficient (Wildman–Crippen LogP) is 4.91. The number of nitrogens with one attached hydrogen (secondary N) is 2. The van der Waals surface area contributed by atoms with Gasteiger partial charge >= 0.3 is 0 Å². The van der Waals surface area contributed by atoms with Gasteiger partial charge in [0.15, 0.2) is 0 Å². The maximum absolute atomic E-state index is 12.8. The molecule has 0 bridgehead atoms. The van der Waals surface area contributed by atoms with E-state index in [1.165, 1.54) is 0 Å². The zero-order chi connectivity index (χ0) is 21.6. The van der Waals surface area contributed by atoms with E-state index in [-0.39, 0.29) is 16.8 Å². The highest BCUT2D eigenvalue weighted by molar-refractivity contribution is 7.89. The Balaban J connectivity index is 2.26. The molecular formula is C23H32N2O3S. The molecule has 2 aromatic carbocycles. The number of hydrogen-bond donors (Lipinski definition) is 2. The zero-order valence-electron chi connectivity index (χ0n) is 18.0. The number of carbonyl (C=O) groups is 1. The average Bonchev–Trinajstić information content (AvgIpc) is 2.69. The van der Waals surface area contributed by atoms with Crippen LogP contribution in [0.3, 0.4) is 0 Å². The lowest BCUT2D eigenvalue weighted by atomic mass is 9.96. The topological polar surface area (TPSA) is 75.3 Å². The van der Waals surface area contributed by atoms with Gasteiger partial charge in [0.1, 0.15) is 0 Å². The number of rotatable bonds is 9. The van der Waals surface area contributed by atoms with E-state index in [1.54, 1.807) is 24.3 Å². The number of hydrogen-bond acceptors (Lipinski definition) is 3. The second-order valence-electron chi connectivity index (χ2n) is 7.43. The third-order valence-corrected chi connectivity index (χ3v) is 7.06. The molecule has 0 aromatic heterocycles. The second kappa shape index (κ2) is 10.0. The van der Waals surface area contributed by atoms with Crippen molar-refractivity contribution in [1.82, 2.24) is 4.72 Å². The van der Waals surface area contributed by atoms with Crippen molar-refractivity contribution < 1.29 is 13.2 Å². The van der Waals surface area contributed by atoms with E-state index in [0.717, 1.165) is 24.0 Å². The van der Waals surface area contributed by atoms with Crippen LogP contribution in [0, 0.1) is 12.8 Å². The van der Waals surface area contributed by atoms with Crippen molar-refractivity contribution in [3.05, 3.63) is 59.2 Å². The maximum Gasteiger partial charge on any atom is 0.255 e. The molecule has 6 heteroatoms. The minimum absolute atomic E-state index is 0.138. The van der Waals surface area contributed by atoms with Crippen LogP contribution in [-0.4, -0.2) is 20.4 Å². The molecule has 0 saturated heterocycles. The highest BCUT2D eigenvalue weighted by atomic mass is 32.2. The van der Waals surface area contributed by atoms with Gasteiger partial charge in [-0.15, -0.1) is 0 Å². The minimum atomic E-state index is -3.62. The fraction of sp³-hybridized carbons (Fsp3) is 0.435. The number of sulfonamides is 1. The summed E-state index contributed by atoms with van der Waals surface area (Å²) in [4.78, 5) is 12.9. The molecule has 0 saturated carbocycles. The molecule has 158 valence electrons. The van der Waals surface area contributed by atoms with Crippen LogP contribution in [0.5, 0.6) is 0 Å². The number of amides is 1. The summed E-state index contributed by atoms with van der Waals surface area (Å²) in [6.45, 7) is 9.88. The zero-order valence-corrected chi connectivity index (χ0v) is 18.8. The van der Waals surface area contributed by atoms with Gasteiger partial charge in [0.2, 0.25) is 10.0 Å². The Hall–Kier alpha value is -2.18. The number of aryl methyl sites for hydroxylation is 2. The van der Waals surface area contributed by atoms with Crippen molar-refractivity contribution in [2.24, 2.45) is 5.92 Å². The Morgan fingerprint density at radius 2 is 1.69 bits per heavy atom. The molecule has 0 heterocycles. The summed E-state index contributed by atoms with van der Waals surface area (Å²) in [7, 11) is -3.62. The van der Waals surface area contributed by atoms with E-state index in [1.807, 2.05) is 39.0 Å². The van der Waals surface area contributed by atoms with Gasteiger partial charge < -0.3 is 5.32 Å². The SMILES string of the molecule is CCc1cc(S(=O)(=O)N[C@H](C)C(CC)CC)ccc1NC(=O)c1ccccc1C. The summed E-state index contributed by atoms with van der Waals surface area (Å²) in [5.74, 6) is 0.0944. The Morgan fingerprint density at radius 3 is 2.28 bits per heavy atom. The van der Waals surface area contributed by atoms with Crippen LogP contribution in [0.25, 0.3) is 0 Å². The highest BCUT2D eigenvalue weighted by Crippen LogP contribution is 2.23. The summed E-state index contributed by atoms with van der Waals surface area (Å²) in [5.41, 5.74) is 2.91. The average molecular weight is 417 g/mol. The summed E-state index contributed by atoms with van der Waals surface area (Å²) in [6.07, 6.45) is 2.45. The molecule has 1 amide bonds. The Labute approximate surface area is 175 Å². The van der Waals surface area contributed by atoms with Crippen molar-refractivity contribution in [3.63, 3.8) is 0 Å². The van der Waals surface area contributed by atoms with Crippen LogP contribution >= 0.6 is 0 Å². The van der Waals surface area contributed by atoms with Crippen molar-refractivity contribution in [2.75, 3.05) is 5.32 Å². The van der Waals surface area contributed by atoms with E-state index in [2.05, 4.69) is 23.9 Å². The minimum Gasteiger partial charge on any atom is -0.322 e. The molecule has 2 rings (SSSR count). The Bertz CT molecular complexity index is 950.